The minimum Gasteiger partial charge on any atom is -0.449 e. The van der Waals surface area contributed by atoms with E-state index in [0.717, 1.165) is 11.1 Å². The number of rotatable bonds is 4. The van der Waals surface area contributed by atoms with Gasteiger partial charge in [0.2, 0.25) is 5.89 Å². The molecule has 0 unspecified atom stereocenters. The summed E-state index contributed by atoms with van der Waals surface area (Å²) in [6.45, 7) is 3.65. The molecule has 0 saturated carbocycles. The van der Waals surface area contributed by atoms with Crippen molar-refractivity contribution < 1.29 is 13.9 Å². The van der Waals surface area contributed by atoms with Crippen LogP contribution in [0.3, 0.4) is 0 Å². The lowest BCUT2D eigenvalue weighted by Gasteiger charge is -2.09. The summed E-state index contributed by atoms with van der Waals surface area (Å²) in [5, 5.41) is 16.7. The normalized spacial score (nSPS) is 11.6. The zero-order valence-corrected chi connectivity index (χ0v) is 13.8. The molecule has 0 bridgehead atoms. The van der Waals surface area contributed by atoms with Crippen molar-refractivity contribution in [2.45, 2.75) is 20.0 Å². The fourth-order valence-corrected chi connectivity index (χ4v) is 2.17. The fraction of sp³-hybridized carbons (Fsp3) is 0.158. The molecule has 3 rings (SSSR count). The summed E-state index contributed by atoms with van der Waals surface area (Å²) in [5.41, 5.74) is 2.76. The first-order chi connectivity index (χ1) is 12.1. The van der Waals surface area contributed by atoms with E-state index in [-0.39, 0.29) is 5.89 Å². The van der Waals surface area contributed by atoms with Gasteiger partial charge in [-0.05, 0) is 50.2 Å². The van der Waals surface area contributed by atoms with E-state index in [9.17, 15) is 4.79 Å². The Kier molecular flexibility index (Phi) is 4.57. The van der Waals surface area contributed by atoms with Crippen LogP contribution >= 0.6 is 0 Å². The van der Waals surface area contributed by atoms with Gasteiger partial charge in [0.15, 0.2) is 6.10 Å². The number of ether oxygens (including phenoxy) is 1. The summed E-state index contributed by atoms with van der Waals surface area (Å²) >= 11 is 0. The first kappa shape index (κ1) is 16.4. The van der Waals surface area contributed by atoms with Crippen LogP contribution in [-0.4, -0.2) is 16.2 Å². The molecule has 0 spiro atoms. The average Bonchev–Trinajstić information content (AvgIpc) is 3.12. The van der Waals surface area contributed by atoms with Gasteiger partial charge in [-0.25, -0.2) is 4.79 Å². The van der Waals surface area contributed by atoms with E-state index in [0.29, 0.717) is 17.0 Å². The Hall–Kier alpha value is -3.46. The average molecular weight is 333 g/mol. The van der Waals surface area contributed by atoms with Gasteiger partial charge in [0.25, 0.3) is 5.89 Å². The first-order valence-corrected chi connectivity index (χ1v) is 7.68. The molecule has 25 heavy (non-hydrogen) atoms. The lowest BCUT2D eigenvalue weighted by molar-refractivity contribution is 0.0280. The van der Waals surface area contributed by atoms with Gasteiger partial charge < -0.3 is 9.15 Å². The molecule has 0 aliphatic carbocycles. The molecule has 1 heterocycles. The van der Waals surface area contributed by atoms with Gasteiger partial charge in [0, 0.05) is 5.56 Å². The molecule has 0 radical (unpaired) electrons. The van der Waals surface area contributed by atoms with E-state index < -0.39 is 12.1 Å². The van der Waals surface area contributed by atoms with Crippen molar-refractivity contribution in [3.05, 3.63) is 71.1 Å². The van der Waals surface area contributed by atoms with Crippen LogP contribution in [0.2, 0.25) is 0 Å². The van der Waals surface area contributed by atoms with Crippen LogP contribution in [0.15, 0.2) is 52.9 Å². The maximum absolute atomic E-state index is 12.1. The van der Waals surface area contributed by atoms with Crippen molar-refractivity contribution in [3.8, 4) is 17.5 Å². The molecule has 1 atom stereocenters. The maximum atomic E-state index is 12.1. The minimum atomic E-state index is -0.685. The number of hydrogen-bond donors (Lipinski definition) is 0. The van der Waals surface area contributed by atoms with Gasteiger partial charge in [-0.3, -0.25) is 0 Å². The number of benzene rings is 2. The molecule has 1 aromatic heterocycles. The number of nitriles is 1. The van der Waals surface area contributed by atoms with Crippen molar-refractivity contribution in [3.63, 3.8) is 0 Å². The van der Waals surface area contributed by atoms with Gasteiger partial charge in [-0.15, -0.1) is 10.2 Å². The van der Waals surface area contributed by atoms with Gasteiger partial charge in [0.1, 0.15) is 0 Å². The quantitative estimate of drug-likeness (QED) is 0.674. The second kappa shape index (κ2) is 6.97. The molecular weight excluding hydrogens is 318 g/mol. The highest BCUT2D eigenvalue weighted by molar-refractivity contribution is 5.89. The number of carbonyl (C=O) groups is 1. The molecule has 0 N–H and O–H groups in total. The second-order valence-corrected chi connectivity index (χ2v) is 5.55. The highest BCUT2D eigenvalue weighted by atomic mass is 16.6. The Morgan fingerprint density at radius 2 is 1.80 bits per heavy atom. The number of aromatic nitrogens is 2. The molecular formula is C19H15N3O3. The van der Waals surface area contributed by atoms with Crippen LogP contribution in [0.5, 0.6) is 0 Å². The third-order valence-corrected chi connectivity index (χ3v) is 3.62. The molecule has 3 aromatic rings. The molecule has 0 aliphatic rings. The van der Waals surface area contributed by atoms with Gasteiger partial charge in [-0.1, -0.05) is 17.7 Å². The van der Waals surface area contributed by atoms with E-state index >= 15 is 0 Å². The predicted molar refractivity (Wildman–Crippen MR) is 89.5 cm³/mol. The van der Waals surface area contributed by atoms with Crippen LogP contribution < -0.4 is 0 Å². The number of esters is 1. The molecule has 0 aliphatic heterocycles. The summed E-state index contributed by atoms with van der Waals surface area (Å²) < 4.78 is 10.9. The smallest absolute Gasteiger partial charge is 0.338 e. The Morgan fingerprint density at radius 3 is 2.44 bits per heavy atom. The van der Waals surface area contributed by atoms with Gasteiger partial charge in [-0.2, -0.15) is 5.26 Å². The highest BCUT2D eigenvalue weighted by Gasteiger charge is 2.20. The van der Waals surface area contributed by atoms with Crippen molar-refractivity contribution in [1.29, 1.82) is 5.26 Å². The van der Waals surface area contributed by atoms with Crippen LogP contribution in [-0.2, 0) is 4.74 Å². The minimum absolute atomic E-state index is 0.220. The fourth-order valence-electron chi connectivity index (χ4n) is 2.17. The Morgan fingerprint density at radius 1 is 1.12 bits per heavy atom. The molecule has 6 nitrogen and oxygen atoms in total. The third kappa shape index (κ3) is 3.72. The van der Waals surface area contributed by atoms with Gasteiger partial charge >= 0.3 is 5.97 Å². The molecule has 2 aromatic carbocycles. The van der Waals surface area contributed by atoms with Crippen LogP contribution in [0.1, 0.15) is 40.4 Å². The van der Waals surface area contributed by atoms with E-state index in [4.69, 9.17) is 14.4 Å². The summed E-state index contributed by atoms with van der Waals surface area (Å²) in [6.07, 6.45) is -0.685. The van der Waals surface area contributed by atoms with Crippen molar-refractivity contribution in [2.24, 2.45) is 0 Å². The van der Waals surface area contributed by atoms with Crippen LogP contribution in [0.4, 0.5) is 0 Å². The molecule has 124 valence electrons. The zero-order valence-electron chi connectivity index (χ0n) is 13.8. The van der Waals surface area contributed by atoms with E-state index in [2.05, 4.69) is 10.2 Å². The van der Waals surface area contributed by atoms with Crippen molar-refractivity contribution in [2.75, 3.05) is 0 Å². The van der Waals surface area contributed by atoms with E-state index in [1.165, 1.54) is 0 Å². The lowest BCUT2D eigenvalue weighted by atomic mass is 10.1. The molecule has 0 amide bonds. The standard InChI is InChI=1S/C19H15N3O3/c1-12-3-7-15(8-4-12)18-22-21-17(25-18)13(2)24-19(23)16-9-5-14(11-20)6-10-16/h3-10,13H,1-2H3/t13-/m1/s1. The number of nitrogens with zero attached hydrogens (tertiary/aromatic N) is 3. The largest absolute Gasteiger partial charge is 0.449 e. The van der Waals surface area contributed by atoms with Crippen LogP contribution in [0, 0.1) is 18.3 Å². The second-order valence-electron chi connectivity index (χ2n) is 5.55. The van der Waals surface area contributed by atoms with Crippen LogP contribution in [0.25, 0.3) is 11.5 Å². The summed E-state index contributed by atoms with van der Waals surface area (Å²) in [4.78, 5) is 12.1. The van der Waals surface area contributed by atoms with Gasteiger partial charge in [0.05, 0.1) is 17.2 Å². The number of hydrogen-bond acceptors (Lipinski definition) is 6. The summed E-state index contributed by atoms with van der Waals surface area (Å²) in [7, 11) is 0. The lowest BCUT2D eigenvalue weighted by Crippen LogP contribution is -2.09. The monoisotopic (exact) mass is 333 g/mol. The number of aryl methyl sites for hydroxylation is 1. The van der Waals surface area contributed by atoms with Crippen molar-refractivity contribution in [1.82, 2.24) is 10.2 Å². The number of carbonyl (C=O) groups excluding carboxylic acids is 1. The van der Waals surface area contributed by atoms with E-state index in [1.54, 1.807) is 31.2 Å². The SMILES string of the molecule is Cc1ccc(-c2nnc([C@@H](C)OC(=O)c3ccc(C#N)cc3)o2)cc1. The van der Waals surface area contributed by atoms with Crippen molar-refractivity contribution >= 4 is 5.97 Å². The highest BCUT2D eigenvalue weighted by Crippen LogP contribution is 2.23. The summed E-state index contributed by atoms with van der Waals surface area (Å²) in [6, 6.07) is 15.9. The zero-order chi connectivity index (χ0) is 17.8. The Labute approximate surface area is 144 Å². The topological polar surface area (TPSA) is 89.0 Å². The first-order valence-electron chi connectivity index (χ1n) is 7.68. The molecule has 0 saturated heterocycles. The molecule has 6 heteroatoms. The third-order valence-electron chi connectivity index (χ3n) is 3.62. The van der Waals surface area contributed by atoms with E-state index in [1.807, 2.05) is 37.3 Å². The molecule has 0 fully saturated rings. The predicted octanol–water partition coefficient (Wildman–Crippen LogP) is 3.83. The summed E-state index contributed by atoms with van der Waals surface area (Å²) in [5.74, 6) is 0.0703. The Bertz CT molecular complexity index is 922. The Balaban J connectivity index is 1.70. The maximum Gasteiger partial charge on any atom is 0.338 e.